The Morgan fingerprint density at radius 1 is 0.952 bits per heavy atom. The number of urea groups is 1. The number of likely N-dealkylation sites (tertiary alicyclic amines) is 1. The average Bonchev–Trinajstić information content (AvgIpc) is 3.71. The number of nitrogens with zero attached hydrogens (tertiary/aromatic N) is 5. The summed E-state index contributed by atoms with van der Waals surface area (Å²) in [6, 6.07) is 16.4. The van der Waals surface area contributed by atoms with E-state index in [1.165, 1.54) is 48.8 Å². The van der Waals surface area contributed by atoms with Gasteiger partial charge in [0.05, 0.1) is 30.6 Å². The molecule has 4 atom stereocenters. The number of imide groups is 1. The molecule has 0 radical (unpaired) electrons. The SMILES string of the molecule is CCC1=C(Nc2ccc(CC(=O)N3CCCCC(C4CCC(C(C)c5ccc(N6CCC(=O)NC6=O)cc5)C4)CC3)cc2)N=C2CN(c3cnc4c(c3C)NCCO4)CCC2=CC1. The van der Waals surface area contributed by atoms with E-state index in [1.54, 1.807) is 4.90 Å². The minimum atomic E-state index is -0.342. The Kier molecular flexibility index (Phi) is 12.9. The minimum Gasteiger partial charge on any atom is -0.474 e. The van der Waals surface area contributed by atoms with Crippen molar-refractivity contribution >= 4 is 46.3 Å². The number of pyridine rings is 1. The van der Waals surface area contributed by atoms with E-state index < -0.39 is 0 Å². The van der Waals surface area contributed by atoms with Crippen LogP contribution in [-0.4, -0.2) is 79.3 Å². The Morgan fingerprint density at radius 2 is 1.79 bits per heavy atom. The van der Waals surface area contributed by atoms with Gasteiger partial charge in [0.1, 0.15) is 18.1 Å². The summed E-state index contributed by atoms with van der Waals surface area (Å²) >= 11 is 0. The van der Waals surface area contributed by atoms with Crippen molar-refractivity contribution < 1.29 is 19.1 Å². The fourth-order valence-electron chi connectivity index (χ4n) is 10.9. The summed E-state index contributed by atoms with van der Waals surface area (Å²) < 4.78 is 5.79. The number of anilines is 4. The van der Waals surface area contributed by atoms with E-state index >= 15 is 0 Å². The summed E-state index contributed by atoms with van der Waals surface area (Å²) in [7, 11) is 0. The highest BCUT2D eigenvalue weighted by Gasteiger charge is 2.35. The maximum atomic E-state index is 13.8. The van der Waals surface area contributed by atoms with Crippen LogP contribution in [0.4, 0.5) is 27.5 Å². The lowest BCUT2D eigenvalue weighted by atomic mass is 9.80. The number of allylic oxidation sites excluding steroid dienone is 2. The van der Waals surface area contributed by atoms with Crippen molar-refractivity contribution in [3.63, 3.8) is 0 Å². The van der Waals surface area contributed by atoms with Crippen LogP contribution in [0.5, 0.6) is 5.88 Å². The minimum absolute atomic E-state index is 0.213. The molecule has 1 aliphatic carbocycles. The third kappa shape index (κ3) is 9.50. The molecule has 3 aromatic rings. The van der Waals surface area contributed by atoms with E-state index in [9.17, 15) is 14.4 Å². The van der Waals surface area contributed by atoms with Gasteiger partial charge in [0.15, 0.2) is 0 Å². The van der Waals surface area contributed by atoms with Gasteiger partial charge in [0.2, 0.25) is 17.7 Å². The van der Waals surface area contributed by atoms with Crippen molar-refractivity contribution in [2.75, 3.05) is 66.3 Å². The fourth-order valence-corrected chi connectivity index (χ4v) is 10.9. The molecule has 3 N–H and O–H groups in total. The summed E-state index contributed by atoms with van der Waals surface area (Å²) in [4.78, 5) is 53.9. The highest BCUT2D eigenvalue weighted by atomic mass is 16.5. The van der Waals surface area contributed by atoms with Crippen LogP contribution in [-0.2, 0) is 16.0 Å². The molecule has 332 valence electrons. The van der Waals surface area contributed by atoms with Gasteiger partial charge in [-0.1, -0.05) is 57.0 Å². The predicted octanol–water partition coefficient (Wildman–Crippen LogP) is 9.14. The molecule has 12 nitrogen and oxygen atoms in total. The number of fused-ring (bicyclic) bond motifs is 2. The van der Waals surface area contributed by atoms with Gasteiger partial charge < -0.3 is 25.2 Å². The Balaban J connectivity index is 0.778. The molecule has 4 unspecified atom stereocenters. The Bertz CT molecular complexity index is 2280. The molecule has 63 heavy (non-hydrogen) atoms. The molecule has 6 aliphatic rings. The largest absolute Gasteiger partial charge is 0.474 e. The van der Waals surface area contributed by atoms with E-state index in [4.69, 9.17) is 9.73 Å². The summed E-state index contributed by atoms with van der Waals surface area (Å²) in [5, 5.41) is 9.57. The van der Waals surface area contributed by atoms with Gasteiger partial charge in [-0.3, -0.25) is 19.8 Å². The molecule has 12 heteroatoms. The van der Waals surface area contributed by atoms with Gasteiger partial charge in [-0.05, 0) is 129 Å². The molecule has 5 aliphatic heterocycles. The second-order valence-corrected chi connectivity index (χ2v) is 18.6. The van der Waals surface area contributed by atoms with Crippen LogP contribution in [0.1, 0.15) is 107 Å². The average molecular weight is 853 g/mol. The monoisotopic (exact) mass is 853 g/mol. The number of piperidine rings is 1. The Hall–Kier alpha value is -5.65. The van der Waals surface area contributed by atoms with Crippen LogP contribution in [0, 0.1) is 24.7 Å². The number of amides is 4. The number of hydrogen-bond donors (Lipinski definition) is 3. The Labute approximate surface area is 372 Å². The van der Waals surface area contributed by atoms with E-state index in [-0.39, 0.29) is 17.8 Å². The smallest absolute Gasteiger partial charge is 0.328 e. The molecule has 6 heterocycles. The van der Waals surface area contributed by atoms with Crippen LogP contribution in [0.3, 0.4) is 0 Å². The topological polar surface area (TPSA) is 132 Å². The number of aromatic nitrogens is 1. The molecular formula is C51H64N8O4. The summed E-state index contributed by atoms with van der Waals surface area (Å²) in [6.07, 6.45) is 16.1. The first kappa shape index (κ1) is 42.6. The molecular weight excluding hydrogens is 789 g/mol. The van der Waals surface area contributed by atoms with Crippen LogP contribution >= 0.6 is 0 Å². The second-order valence-electron chi connectivity index (χ2n) is 18.6. The third-order valence-electron chi connectivity index (χ3n) is 14.8. The summed E-state index contributed by atoms with van der Waals surface area (Å²) in [5.41, 5.74) is 11.2. The first-order valence-electron chi connectivity index (χ1n) is 23.7. The van der Waals surface area contributed by atoms with Crippen molar-refractivity contribution in [1.82, 2.24) is 15.2 Å². The van der Waals surface area contributed by atoms with E-state index in [0.29, 0.717) is 55.5 Å². The third-order valence-corrected chi connectivity index (χ3v) is 14.8. The number of rotatable bonds is 10. The number of aliphatic imine (C=N–C) groups is 1. The van der Waals surface area contributed by atoms with Crippen molar-refractivity contribution in [1.29, 1.82) is 0 Å². The van der Waals surface area contributed by atoms with Gasteiger partial charge in [-0.15, -0.1) is 0 Å². The van der Waals surface area contributed by atoms with E-state index in [2.05, 4.69) is 94.0 Å². The van der Waals surface area contributed by atoms with Crippen molar-refractivity contribution in [2.45, 2.75) is 104 Å². The number of hydrogen-bond acceptors (Lipinski definition) is 9. The van der Waals surface area contributed by atoms with Crippen molar-refractivity contribution in [3.8, 4) is 5.88 Å². The number of carbonyl (C=O) groups excluding carboxylic acids is 3. The molecule has 2 aromatic carbocycles. The first-order valence-corrected chi connectivity index (χ1v) is 23.7. The molecule has 0 spiro atoms. The van der Waals surface area contributed by atoms with E-state index in [0.717, 1.165) is 110 Å². The zero-order chi connectivity index (χ0) is 43.5. The number of carbonyl (C=O) groups is 3. The molecule has 0 bridgehead atoms. The maximum absolute atomic E-state index is 13.8. The molecule has 4 fully saturated rings. The summed E-state index contributed by atoms with van der Waals surface area (Å²) in [6.45, 7) is 11.9. The van der Waals surface area contributed by atoms with Gasteiger partial charge >= 0.3 is 6.03 Å². The normalized spacial score (nSPS) is 23.5. The van der Waals surface area contributed by atoms with Crippen molar-refractivity contribution in [2.24, 2.45) is 22.7 Å². The molecule has 4 amide bonds. The van der Waals surface area contributed by atoms with Crippen molar-refractivity contribution in [3.05, 3.63) is 94.5 Å². The predicted molar refractivity (Wildman–Crippen MR) is 251 cm³/mol. The molecule has 3 saturated heterocycles. The lowest BCUT2D eigenvalue weighted by molar-refractivity contribution is -0.131. The highest BCUT2D eigenvalue weighted by Crippen LogP contribution is 2.46. The zero-order valence-corrected chi connectivity index (χ0v) is 37.4. The molecule has 1 saturated carbocycles. The summed E-state index contributed by atoms with van der Waals surface area (Å²) in [5.74, 6) is 4.05. The van der Waals surface area contributed by atoms with E-state index in [1.807, 2.05) is 18.3 Å². The van der Waals surface area contributed by atoms with Gasteiger partial charge in [-0.2, -0.15) is 0 Å². The zero-order valence-electron chi connectivity index (χ0n) is 37.4. The number of nitrogens with one attached hydrogen (secondary N) is 3. The number of ether oxygens (including phenoxy) is 1. The number of benzene rings is 2. The van der Waals surface area contributed by atoms with Gasteiger partial charge in [0.25, 0.3) is 0 Å². The quantitative estimate of drug-likeness (QED) is 0.184. The highest BCUT2D eigenvalue weighted by molar-refractivity contribution is 6.06. The van der Waals surface area contributed by atoms with Gasteiger partial charge in [0, 0.05) is 56.1 Å². The molecule has 1 aromatic heterocycles. The fraction of sp³-hybridized carbons (Fsp3) is 0.510. The molecule has 9 rings (SSSR count). The van der Waals surface area contributed by atoms with Crippen LogP contribution < -0.4 is 30.5 Å². The Morgan fingerprint density at radius 3 is 2.60 bits per heavy atom. The first-order chi connectivity index (χ1) is 30.7. The maximum Gasteiger partial charge on any atom is 0.328 e. The van der Waals surface area contributed by atoms with Crippen LogP contribution in [0.15, 0.2) is 82.8 Å². The van der Waals surface area contributed by atoms with Crippen LogP contribution in [0.2, 0.25) is 0 Å². The van der Waals surface area contributed by atoms with Crippen LogP contribution in [0.25, 0.3) is 0 Å². The van der Waals surface area contributed by atoms with Gasteiger partial charge in [-0.25, -0.2) is 14.8 Å². The lowest BCUT2D eigenvalue weighted by Crippen LogP contribution is -2.49. The second kappa shape index (κ2) is 19.0. The lowest BCUT2D eigenvalue weighted by Gasteiger charge is -2.33. The standard InChI is InChI=1S/C51H64N8O4/c1-4-36-10-11-39-21-26-58(45-31-53-50-48(34(45)3)52-23-28-63-50)32-44(39)55-49(36)54-42-16-8-35(9-17-42)29-47(61)57-24-6-5-7-38(20-25-57)41-13-12-40(30-41)33(2)37-14-18-43(19-15-37)59-27-22-46(60)56-51(59)62/h8-9,11,14-19,31,33,38,40-41,52,54H,4-7,10,12-13,20-30,32H2,1-3H3,(H,56,60,62).